The Morgan fingerprint density at radius 3 is 2.75 bits per heavy atom. The minimum absolute atomic E-state index is 0.516. The Morgan fingerprint density at radius 2 is 2.19 bits per heavy atom. The molecule has 2 rings (SSSR count). The molecule has 1 unspecified atom stereocenters. The zero-order valence-electron chi connectivity index (χ0n) is 10.1. The number of hydrogen-bond acceptors (Lipinski definition) is 1. The van der Waals surface area contributed by atoms with E-state index in [1.54, 1.807) is 0 Å². The summed E-state index contributed by atoms with van der Waals surface area (Å²) in [5.74, 6) is 0.941. The largest absolute Gasteiger partial charge is 0.313 e. The first-order chi connectivity index (χ1) is 7.70. The third-order valence-electron chi connectivity index (χ3n) is 3.76. The van der Waals surface area contributed by atoms with Crippen LogP contribution in [0.1, 0.15) is 42.9 Å². The lowest BCUT2D eigenvalue weighted by Crippen LogP contribution is -2.23. The highest BCUT2D eigenvalue weighted by atomic mass is 79.9. The van der Waals surface area contributed by atoms with Crippen molar-refractivity contribution < 1.29 is 0 Å². The summed E-state index contributed by atoms with van der Waals surface area (Å²) in [5.41, 5.74) is 2.84. The van der Waals surface area contributed by atoms with Gasteiger partial charge >= 0.3 is 0 Å². The monoisotopic (exact) mass is 281 g/mol. The number of nitrogens with one attached hydrogen (secondary N) is 1. The summed E-state index contributed by atoms with van der Waals surface area (Å²) in [4.78, 5) is 0. The molecule has 0 radical (unpaired) electrons. The molecule has 1 atom stereocenters. The standard InChI is InChI=1S/C14H20BrN/c1-10-6-7-12(15)9-13(10)14(16-2)8-11-4-3-5-11/h6-7,9,11,14,16H,3-5,8H2,1-2H3. The average molecular weight is 282 g/mol. The maximum absolute atomic E-state index is 3.56. The van der Waals surface area contributed by atoms with E-state index < -0.39 is 0 Å². The molecule has 1 fully saturated rings. The minimum Gasteiger partial charge on any atom is -0.313 e. The van der Waals surface area contributed by atoms with Crippen LogP contribution in [0.2, 0.25) is 0 Å². The van der Waals surface area contributed by atoms with Crippen LogP contribution in [-0.4, -0.2) is 7.05 Å². The number of benzene rings is 1. The predicted octanol–water partition coefficient (Wildman–Crippen LogP) is 4.21. The molecule has 16 heavy (non-hydrogen) atoms. The van der Waals surface area contributed by atoms with Crippen LogP contribution in [0.4, 0.5) is 0 Å². The lowest BCUT2D eigenvalue weighted by molar-refractivity contribution is 0.265. The zero-order valence-corrected chi connectivity index (χ0v) is 11.7. The van der Waals surface area contributed by atoms with Gasteiger partial charge in [0.2, 0.25) is 0 Å². The Bertz CT molecular complexity index is 358. The van der Waals surface area contributed by atoms with Crippen LogP contribution in [0, 0.1) is 12.8 Å². The third kappa shape index (κ3) is 2.67. The highest BCUT2D eigenvalue weighted by Gasteiger charge is 2.23. The first-order valence-corrected chi connectivity index (χ1v) is 6.93. The second-order valence-electron chi connectivity index (χ2n) is 4.87. The van der Waals surface area contributed by atoms with Crippen molar-refractivity contribution in [3.8, 4) is 0 Å². The molecule has 1 N–H and O–H groups in total. The van der Waals surface area contributed by atoms with Crippen LogP contribution in [0.5, 0.6) is 0 Å². The second kappa shape index (κ2) is 5.33. The van der Waals surface area contributed by atoms with E-state index in [0.717, 1.165) is 5.92 Å². The zero-order chi connectivity index (χ0) is 11.5. The van der Waals surface area contributed by atoms with Gasteiger partial charge in [0.25, 0.3) is 0 Å². The van der Waals surface area contributed by atoms with E-state index in [2.05, 4.69) is 53.4 Å². The molecule has 1 aliphatic rings. The van der Waals surface area contributed by atoms with Crippen LogP contribution >= 0.6 is 15.9 Å². The lowest BCUT2D eigenvalue weighted by atomic mass is 9.79. The molecule has 0 aliphatic heterocycles. The van der Waals surface area contributed by atoms with Gasteiger partial charge in [0.1, 0.15) is 0 Å². The Balaban J connectivity index is 2.14. The van der Waals surface area contributed by atoms with Gasteiger partial charge in [-0.3, -0.25) is 0 Å². The molecule has 1 nitrogen and oxygen atoms in total. The maximum atomic E-state index is 3.56. The number of aryl methyl sites for hydroxylation is 1. The van der Waals surface area contributed by atoms with Gasteiger partial charge in [-0.05, 0) is 49.6 Å². The van der Waals surface area contributed by atoms with E-state index >= 15 is 0 Å². The summed E-state index contributed by atoms with van der Waals surface area (Å²) >= 11 is 3.56. The van der Waals surface area contributed by atoms with Crippen molar-refractivity contribution in [3.63, 3.8) is 0 Å². The van der Waals surface area contributed by atoms with E-state index in [1.807, 2.05) is 0 Å². The molecule has 1 aromatic carbocycles. The fourth-order valence-electron chi connectivity index (χ4n) is 2.45. The van der Waals surface area contributed by atoms with Crippen LogP contribution < -0.4 is 5.32 Å². The summed E-state index contributed by atoms with van der Waals surface area (Å²) in [6, 6.07) is 7.09. The molecule has 2 heteroatoms. The normalized spacial score (nSPS) is 18.2. The Hall–Kier alpha value is -0.340. The maximum Gasteiger partial charge on any atom is 0.0323 e. The quantitative estimate of drug-likeness (QED) is 0.872. The van der Waals surface area contributed by atoms with Crippen LogP contribution in [0.15, 0.2) is 22.7 Å². The molecule has 0 aromatic heterocycles. The molecule has 88 valence electrons. The third-order valence-corrected chi connectivity index (χ3v) is 4.25. The van der Waals surface area contributed by atoms with Crippen LogP contribution in [0.3, 0.4) is 0 Å². The van der Waals surface area contributed by atoms with Crippen molar-refractivity contribution in [2.24, 2.45) is 5.92 Å². The van der Waals surface area contributed by atoms with Gasteiger partial charge in [-0.15, -0.1) is 0 Å². The van der Waals surface area contributed by atoms with Gasteiger partial charge in [0, 0.05) is 10.5 Å². The molecule has 0 bridgehead atoms. The van der Waals surface area contributed by atoms with Crippen molar-refractivity contribution >= 4 is 15.9 Å². The minimum atomic E-state index is 0.516. The summed E-state index contributed by atoms with van der Waals surface area (Å²) in [6.45, 7) is 2.20. The van der Waals surface area contributed by atoms with Gasteiger partial charge in [-0.25, -0.2) is 0 Å². The van der Waals surface area contributed by atoms with Crippen molar-refractivity contribution in [3.05, 3.63) is 33.8 Å². The van der Waals surface area contributed by atoms with Crippen LogP contribution in [0.25, 0.3) is 0 Å². The first-order valence-electron chi connectivity index (χ1n) is 6.14. The summed E-state index contributed by atoms with van der Waals surface area (Å²) in [5, 5.41) is 3.46. The first kappa shape index (κ1) is 12.1. The Kier molecular flexibility index (Phi) is 4.04. The Labute approximate surface area is 107 Å². The number of halogens is 1. The van der Waals surface area contributed by atoms with Gasteiger partial charge in [0.15, 0.2) is 0 Å². The average Bonchev–Trinajstić information content (AvgIpc) is 2.21. The molecular weight excluding hydrogens is 262 g/mol. The van der Waals surface area contributed by atoms with E-state index in [9.17, 15) is 0 Å². The fourth-order valence-corrected chi connectivity index (χ4v) is 2.83. The second-order valence-corrected chi connectivity index (χ2v) is 5.79. The van der Waals surface area contributed by atoms with Crippen molar-refractivity contribution in [1.82, 2.24) is 5.32 Å². The molecule has 0 spiro atoms. The highest BCUT2D eigenvalue weighted by Crippen LogP contribution is 2.35. The molecule has 0 heterocycles. The van der Waals surface area contributed by atoms with Gasteiger partial charge in [0.05, 0.1) is 0 Å². The molecule has 0 saturated heterocycles. The molecule has 1 aliphatic carbocycles. The number of rotatable bonds is 4. The van der Waals surface area contributed by atoms with Gasteiger partial charge in [-0.2, -0.15) is 0 Å². The highest BCUT2D eigenvalue weighted by molar-refractivity contribution is 9.10. The fraction of sp³-hybridized carbons (Fsp3) is 0.571. The number of hydrogen-bond donors (Lipinski definition) is 1. The van der Waals surface area contributed by atoms with Gasteiger partial charge < -0.3 is 5.32 Å². The smallest absolute Gasteiger partial charge is 0.0323 e. The van der Waals surface area contributed by atoms with E-state index in [0.29, 0.717) is 6.04 Å². The predicted molar refractivity (Wildman–Crippen MR) is 72.6 cm³/mol. The van der Waals surface area contributed by atoms with E-state index in [4.69, 9.17) is 0 Å². The summed E-state index contributed by atoms with van der Waals surface area (Å²) in [7, 11) is 2.07. The van der Waals surface area contributed by atoms with Crippen molar-refractivity contribution in [1.29, 1.82) is 0 Å². The lowest BCUT2D eigenvalue weighted by Gasteiger charge is -2.30. The van der Waals surface area contributed by atoms with Crippen molar-refractivity contribution in [2.75, 3.05) is 7.05 Å². The molecular formula is C14H20BrN. The SMILES string of the molecule is CNC(CC1CCC1)c1cc(Br)ccc1C. The molecule has 0 amide bonds. The summed E-state index contributed by atoms with van der Waals surface area (Å²) < 4.78 is 1.18. The van der Waals surface area contributed by atoms with E-state index in [1.165, 1.54) is 41.3 Å². The molecule has 1 aromatic rings. The summed E-state index contributed by atoms with van der Waals surface area (Å²) in [6.07, 6.45) is 5.56. The molecule has 1 saturated carbocycles. The van der Waals surface area contributed by atoms with Crippen LogP contribution in [-0.2, 0) is 0 Å². The van der Waals surface area contributed by atoms with Crippen molar-refractivity contribution in [2.45, 2.75) is 38.6 Å². The Morgan fingerprint density at radius 1 is 1.44 bits per heavy atom. The van der Waals surface area contributed by atoms with E-state index in [-0.39, 0.29) is 0 Å². The topological polar surface area (TPSA) is 12.0 Å². The van der Waals surface area contributed by atoms with Gasteiger partial charge in [-0.1, -0.05) is 41.3 Å².